The summed E-state index contributed by atoms with van der Waals surface area (Å²) in [6.45, 7) is 0.660. The monoisotopic (exact) mass is 449 g/mol. The number of hydrogen-bond acceptors (Lipinski definition) is 5. The van der Waals surface area contributed by atoms with Crippen LogP contribution in [0.3, 0.4) is 0 Å². The van der Waals surface area contributed by atoms with Crippen LogP contribution in [0.4, 0.5) is 5.69 Å². The molecule has 4 rings (SSSR count). The zero-order valence-electron chi connectivity index (χ0n) is 17.6. The van der Waals surface area contributed by atoms with Crippen molar-refractivity contribution in [2.45, 2.75) is 25.7 Å². The van der Waals surface area contributed by atoms with Gasteiger partial charge in [-0.15, -0.1) is 16.7 Å². The van der Waals surface area contributed by atoms with Crippen LogP contribution in [0.25, 0.3) is 22.2 Å². The Labute approximate surface area is 191 Å². The summed E-state index contributed by atoms with van der Waals surface area (Å²) in [5.41, 5.74) is 2.12. The molecule has 0 bridgehead atoms. The van der Waals surface area contributed by atoms with Crippen LogP contribution in [0.5, 0.6) is 5.75 Å². The van der Waals surface area contributed by atoms with Gasteiger partial charge in [-0.1, -0.05) is 37.1 Å². The van der Waals surface area contributed by atoms with Crippen molar-refractivity contribution in [1.82, 2.24) is 20.6 Å². The number of hydrogen-bond donors (Lipinski definition) is 2. The molecule has 0 spiro atoms. The lowest BCUT2D eigenvalue weighted by atomic mass is 10.0. The van der Waals surface area contributed by atoms with Crippen LogP contribution in [0.15, 0.2) is 60.7 Å². The van der Waals surface area contributed by atoms with Gasteiger partial charge in [-0.2, -0.15) is 0 Å². The Bertz CT molecular complexity index is 1160. The van der Waals surface area contributed by atoms with Crippen molar-refractivity contribution in [2.75, 3.05) is 17.8 Å². The van der Waals surface area contributed by atoms with Gasteiger partial charge in [0.1, 0.15) is 5.75 Å². The second-order valence-electron chi connectivity index (χ2n) is 7.42. The first-order valence-corrected chi connectivity index (χ1v) is 11.1. The Balaban J connectivity index is 1.42. The number of nitrogens with one attached hydrogen (secondary N) is 2. The Kier molecular flexibility index (Phi) is 7.30. The van der Waals surface area contributed by atoms with Crippen molar-refractivity contribution >= 4 is 34.0 Å². The number of benzene rings is 3. The number of carbonyl (C=O) groups excluding carboxylic acids is 1. The average Bonchev–Trinajstić information content (AvgIpc) is 3.37. The highest BCUT2D eigenvalue weighted by Gasteiger charge is 2.11. The predicted molar refractivity (Wildman–Crippen MR) is 126 cm³/mol. The molecule has 1 heterocycles. The van der Waals surface area contributed by atoms with Crippen LogP contribution in [0.2, 0.25) is 0 Å². The van der Waals surface area contributed by atoms with Crippen LogP contribution >= 0.6 is 11.6 Å². The summed E-state index contributed by atoms with van der Waals surface area (Å²) in [5.74, 6) is 1.86. The summed E-state index contributed by atoms with van der Waals surface area (Å²) in [5, 5.41) is 18.9. The molecule has 0 saturated carbocycles. The van der Waals surface area contributed by atoms with Crippen molar-refractivity contribution < 1.29 is 9.53 Å². The maximum Gasteiger partial charge on any atom is 0.255 e. The zero-order chi connectivity index (χ0) is 22.2. The van der Waals surface area contributed by atoms with E-state index in [0.717, 1.165) is 53.5 Å². The number of rotatable bonds is 10. The van der Waals surface area contributed by atoms with Gasteiger partial charge in [-0.25, -0.2) is 5.10 Å². The van der Waals surface area contributed by atoms with E-state index in [-0.39, 0.29) is 5.91 Å². The van der Waals surface area contributed by atoms with Crippen LogP contribution in [-0.2, 0) is 0 Å². The number of aromatic nitrogens is 4. The number of amides is 1. The first-order valence-electron chi connectivity index (χ1n) is 10.6. The van der Waals surface area contributed by atoms with Crippen molar-refractivity contribution in [2.24, 2.45) is 0 Å². The molecule has 2 N–H and O–H groups in total. The van der Waals surface area contributed by atoms with Crippen LogP contribution in [0, 0.1) is 0 Å². The molecule has 0 unspecified atom stereocenters. The van der Waals surface area contributed by atoms with E-state index < -0.39 is 0 Å². The van der Waals surface area contributed by atoms with Crippen molar-refractivity contribution in [3.8, 4) is 17.1 Å². The van der Waals surface area contributed by atoms with Gasteiger partial charge in [0, 0.05) is 28.1 Å². The van der Waals surface area contributed by atoms with Gasteiger partial charge >= 0.3 is 0 Å². The highest BCUT2D eigenvalue weighted by atomic mass is 35.5. The number of anilines is 1. The van der Waals surface area contributed by atoms with Gasteiger partial charge < -0.3 is 10.1 Å². The minimum Gasteiger partial charge on any atom is -0.494 e. The standard InChI is InChI=1S/C24H24ClN5O2/c25-14-3-1-2-4-15-32-20-12-10-18(11-13-20)24(31)26-22-7-5-6-17-8-9-19(16-21(17)22)23-27-29-30-28-23/h5-13,16H,1-4,14-15H2,(H,26,31)(H,27,28,29,30). The molecule has 0 aliphatic heterocycles. The number of carbonyl (C=O) groups is 1. The number of halogens is 1. The molecule has 8 heteroatoms. The summed E-state index contributed by atoms with van der Waals surface area (Å²) in [6.07, 6.45) is 4.26. The summed E-state index contributed by atoms with van der Waals surface area (Å²) in [4.78, 5) is 12.8. The molecule has 0 aliphatic rings. The van der Waals surface area contributed by atoms with E-state index in [4.69, 9.17) is 16.3 Å². The van der Waals surface area contributed by atoms with Gasteiger partial charge in [0.25, 0.3) is 5.91 Å². The molecular formula is C24H24ClN5O2. The van der Waals surface area contributed by atoms with Crippen molar-refractivity contribution in [1.29, 1.82) is 0 Å². The molecule has 1 aromatic heterocycles. The van der Waals surface area contributed by atoms with Crippen LogP contribution < -0.4 is 10.1 Å². The van der Waals surface area contributed by atoms with E-state index in [1.54, 1.807) is 12.1 Å². The molecule has 0 aliphatic carbocycles. The molecule has 4 aromatic rings. The molecule has 0 saturated heterocycles. The highest BCUT2D eigenvalue weighted by molar-refractivity contribution is 6.17. The fourth-order valence-corrected chi connectivity index (χ4v) is 3.64. The smallest absolute Gasteiger partial charge is 0.255 e. The average molecular weight is 450 g/mol. The van der Waals surface area contributed by atoms with Crippen molar-refractivity contribution in [3.63, 3.8) is 0 Å². The minimum atomic E-state index is -0.183. The first-order chi connectivity index (χ1) is 15.7. The lowest BCUT2D eigenvalue weighted by Gasteiger charge is -2.11. The predicted octanol–water partition coefficient (Wildman–Crippen LogP) is 5.45. The topological polar surface area (TPSA) is 92.8 Å². The maximum absolute atomic E-state index is 12.8. The van der Waals surface area contributed by atoms with Gasteiger partial charge in [-0.3, -0.25) is 4.79 Å². The zero-order valence-corrected chi connectivity index (χ0v) is 18.3. The third-order valence-electron chi connectivity index (χ3n) is 5.16. The molecule has 0 radical (unpaired) electrons. The first kappa shape index (κ1) is 21.8. The third-order valence-corrected chi connectivity index (χ3v) is 5.43. The lowest BCUT2D eigenvalue weighted by Crippen LogP contribution is -2.12. The van der Waals surface area contributed by atoms with E-state index in [0.29, 0.717) is 23.9 Å². The summed E-state index contributed by atoms with van der Waals surface area (Å²) in [6, 6.07) is 18.9. The van der Waals surface area contributed by atoms with Gasteiger partial charge in [0.2, 0.25) is 0 Å². The Morgan fingerprint density at radius 2 is 1.84 bits per heavy atom. The van der Waals surface area contributed by atoms with E-state index >= 15 is 0 Å². The molecule has 3 aromatic carbocycles. The number of alkyl halides is 1. The Morgan fingerprint density at radius 3 is 2.62 bits per heavy atom. The second-order valence-corrected chi connectivity index (χ2v) is 7.80. The minimum absolute atomic E-state index is 0.183. The van der Waals surface area contributed by atoms with Crippen molar-refractivity contribution in [3.05, 3.63) is 66.2 Å². The summed E-state index contributed by atoms with van der Waals surface area (Å²) >= 11 is 5.69. The number of H-pyrrole nitrogens is 1. The molecule has 164 valence electrons. The number of nitrogens with zero attached hydrogens (tertiary/aromatic N) is 3. The van der Waals surface area contributed by atoms with Crippen LogP contribution in [0.1, 0.15) is 36.0 Å². The second kappa shape index (κ2) is 10.7. The number of aromatic amines is 1. The van der Waals surface area contributed by atoms with Gasteiger partial charge in [0.05, 0.1) is 6.61 Å². The molecular weight excluding hydrogens is 426 g/mol. The quantitative estimate of drug-likeness (QED) is 0.248. The number of ether oxygens (including phenoxy) is 1. The van der Waals surface area contributed by atoms with Gasteiger partial charge in [0.15, 0.2) is 5.82 Å². The molecule has 32 heavy (non-hydrogen) atoms. The number of fused-ring (bicyclic) bond motifs is 1. The van der Waals surface area contributed by atoms with E-state index in [1.165, 1.54) is 0 Å². The number of unbranched alkanes of at least 4 members (excludes halogenated alkanes) is 3. The molecule has 1 amide bonds. The Hall–Kier alpha value is -3.45. The highest BCUT2D eigenvalue weighted by Crippen LogP contribution is 2.28. The largest absolute Gasteiger partial charge is 0.494 e. The summed E-state index contributed by atoms with van der Waals surface area (Å²) in [7, 11) is 0. The van der Waals surface area contributed by atoms with E-state index in [9.17, 15) is 4.79 Å². The normalized spacial score (nSPS) is 10.9. The molecule has 0 fully saturated rings. The molecule has 7 nitrogen and oxygen atoms in total. The number of tetrazole rings is 1. The maximum atomic E-state index is 12.8. The SMILES string of the molecule is O=C(Nc1cccc2ccc(-c3nnn[nH]3)cc12)c1ccc(OCCCCCCCl)cc1. The fourth-order valence-electron chi connectivity index (χ4n) is 3.45. The van der Waals surface area contributed by atoms with Gasteiger partial charge in [-0.05, 0) is 65.1 Å². The lowest BCUT2D eigenvalue weighted by molar-refractivity contribution is 0.102. The fraction of sp³-hybridized carbons (Fsp3) is 0.250. The summed E-state index contributed by atoms with van der Waals surface area (Å²) < 4.78 is 5.76. The molecule has 0 atom stereocenters. The third kappa shape index (κ3) is 5.42. The van der Waals surface area contributed by atoms with E-state index in [2.05, 4.69) is 25.9 Å². The van der Waals surface area contributed by atoms with Crippen LogP contribution in [-0.4, -0.2) is 39.0 Å². The Morgan fingerprint density at radius 1 is 1.00 bits per heavy atom. The van der Waals surface area contributed by atoms with E-state index in [1.807, 2.05) is 48.5 Å².